The second-order valence-corrected chi connectivity index (χ2v) is 6.71. The van der Waals surface area contributed by atoms with Crippen LogP contribution in [-0.4, -0.2) is 79.5 Å². The minimum atomic E-state index is -0.588. The van der Waals surface area contributed by atoms with Crippen LogP contribution in [0.3, 0.4) is 0 Å². The highest BCUT2D eigenvalue weighted by molar-refractivity contribution is 5.82. The smallest absolute Gasteiger partial charge is 0.411 e. The molecule has 0 aromatic rings. The van der Waals surface area contributed by atoms with Crippen molar-refractivity contribution in [3.8, 4) is 0 Å². The lowest BCUT2D eigenvalue weighted by Gasteiger charge is -2.32. The molecule has 2 heterocycles. The predicted octanol–water partition coefficient (Wildman–Crippen LogP) is 0.870. The minimum absolute atomic E-state index is 0.139. The first-order chi connectivity index (χ1) is 10.3. The van der Waals surface area contributed by atoms with E-state index in [0.29, 0.717) is 26.2 Å². The lowest BCUT2D eigenvalue weighted by Crippen LogP contribution is -2.46. The third kappa shape index (κ3) is 4.10. The van der Waals surface area contributed by atoms with Crippen molar-refractivity contribution in [3.63, 3.8) is 0 Å². The van der Waals surface area contributed by atoms with Crippen LogP contribution in [0.4, 0.5) is 4.79 Å². The maximum atomic E-state index is 12.4. The number of methoxy groups -OCH3 is 1. The Labute approximate surface area is 131 Å². The SMILES string of the molecule is COC(=O)[C@@H]1C[C@H](N2CCOCC2)CN1C(=O)OC(C)(C)C. The van der Waals surface area contributed by atoms with Gasteiger partial charge in [-0.2, -0.15) is 0 Å². The third-order valence-corrected chi connectivity index (χ3v) is 3.94. The van der Waals surface area contributed by atoms with Crippen molar-refractivity contribution in [2.75, 3.05) is 40.0 Å². The van der Waals surface area contributed by atoms with E-state index in [1.807, 2.05) is 20.8 Å². The van der Waals surface area contributed by atoms with E-state index in [-0.39, 0.29) is 12.0 Å². The number of carbonyl (C=O) groups excluding carboxylic acids is 2. The summed E-state index contributed by atoms with van der Waals surface area (Å²) in [5.74, 6) is -0.387. The van der Waals surface area contributed by atoms with Crippen LogP contribution in [0.1, 0.15) is 27.2 Å². The summed E-state index contributed by atoms with van der Waals surface area (Å²) in [5, 5.41) is 0. The van der Waals surface area contributed by atoms with Gasteiger partial charge in [-0.1, -0.05) is 0 Å². The van der Waals surface area contributed by atoms with Gasteiger partial charge in [0.2, 0.25) is 0 Å². The summed E-state index contributed by atoms with van der Waals surface area (Å²) in [7, 11) is 1.34. The number of nitrogens with zero attached hydrogens (tertiary/aromatic N) is 2. The molecule has 0 spiro atoms. The van der Waals surface area contributed by atoms with E-state index in [1.54, 1.807) is 0 Å². The van der Waals surface area contributed by atoms with E-state index >= 15 is 0 Å². The molecule has 0 radical (unpaired) electrons. The van der Waals surface area contributed by atoms with Crippen LogP contribution in [0.25, 0.3) is 0 Å². The van der Waals surface area contributed by atoms with Crippen LogP contribution in [-0.2, 0) is 19.0 Å². The van der Waals surface area contributed by atoms with Gasteiger partial charge in [0.1, 0.15) is 11.6 Å². The van der Waals surface area contributed by atoms with Crippen LogP contribution < -0.4 is 0 Å². The highest BCUT2D eigenvalue weighted by Crippen LogP contribution is 2.26. The number of amides is 1. The summed E-state index contributed by atoms with van der Waals surface area (Å²) in [6.45, 7) is 8.93. The summed E-state index contributed by atoms with van der Waals surface area (Å²) in [6.07, 6.45) is 0.116. The Hall–Kier alpha value is -1.34. The fraction of sp³-hybridized carbons (Fsp3) is 0.867. The molecule has 2 atom stereocenters. The zero-order chi connectivity index (χ0) is 16.3. The van der Waals surface area contributed by atoms with Gasteiger partial charge in [0.15, 0.2) is 0 Å². The summed E-state index contributed by atoms with van der Waals surface area (Å²) in [4.78, 5) is 28.1. The lowest BCUT2D eigenvalue weighted by molar-refractivity contribution is -0.145. The highest BCUT2D eigenvalue weighted by atomic mass is 16.6. The first-order valence-electron chi connectivity index (χ1n) is 7.71. The van der Waals surface area contributed by atoms with Crippen molar-refractivity contribution in [1.29, 1.82) is 0 Å². The van der Waals surface area contributed by atoms with E-state index in [9.17, 15) is 9.59 Å². The zero-order valence-corrected chi connectivity index (χ0v) is 13.8. The second-order valence-electron chi connectivity index (χ2n) is 6.71. The molecule has 0 aromatic heterocycles. The van der Waals surface area contributed by atoms with Crippen molar-refractivity contribution in [3.05, 3.63) is 0 Å². The van der Waals surface area contributed by atoms with Crippen LogP contribution in [0, 0.1) is 0 Å². The standard InChI is InChI=1S/C15H26N2O5/c1-15(2,3)22-14(19)17-10-11(9-12(17)13(18)20-4)16-5-7-21-8-6-16/h11-12H,5-10H2,1-4H3/t11-,12-/m0/s1. The van der Waals surface area contributed by atoms with Gasteiger partial charge >= 0.3 is 12.1 Å². The van der Waals surface area contributed by atoms with Gasteiger partial charge in [0.25, 0.3) is 0 Å². The van der Waals surface area contributed by atoms with Crippen molar-refractivity contribution in [1.82, 2.24) is 9.80 Å². The summed E-state index contributed by atoms with van der Waals surface area (Å²) in [6, 6.07) is -0.437. The summed E-state index contributed by atoms with van der Waals surface area (Å²) in [5.41, 5.74) is -0.588. The summed E-state index contributed by atoms with van der Waals surface area (Å²) < 4.78 is 15.6. The zero-order valence-electron chi connectivity index (χ0n) is 13.8. The van der Waals surface area contributed by atoms with E-state index in [1.165, 1.54) is 12.0 Å². The van der Waals surface area contributed by atoms with E-state index in [2.05, 4.69) is 4.90 Å². The van der Waals surface area contributed by atoms with Crippen molar-refractivity contribution in [2.24, 2.45) is 0 Å². The normalized spacial score (nSPS) is 26.8. The molecular formula is C15H26N2O5. The predicted molar refractivity (Wildman–Crippen MR) is 79.5 cm³/mol. The molecule has 0 aromatic carbocycles. The fourth-order valence-electron chi connectivity index (χ4n) is 2.90. The molecule has 2 aliphatic heterocycles. The first kappa shape index (κ1) is 17.0. The van der Waals surface area contributed by atoms with E-state index in [0.717, 1.165) is 13.1 Å². The van der Waals surface area contributed by atoms with E-state index < -0.39 is 17.7 Å². The van der Waals surface area contributed by atoms with Gasteiger partial charge < -0.3 is 14.2 Å². The Morgan fingerprint density at radius 1 is 1.18 bits per heavy atom. The topological polar surface area (TPSA) is 68.3 Å². The first-order valence-corrected chi connectivity index (χ1v) is 7.71. The molecule has 0 saturated carbocycles. The molecular weight excluding hydrogens is 288 g/mol. The maximum absolute atomic E-state index is 12.4. The quantitative estimate of drug-likeness (QED) is 0.705. The van der Waals surface area contributed by atoms with Gasteiger partial charge in [-0.15, -0.1) is 0 Å². The maximum Gasteiger partial charge on any atom is 0.411 e. The number of ether oxygens (including phenoxy) is 3. The molecule has 1 amide bonds. The van der Waals surface area contributed by atoms with Crippen LogP contribution in [0.15, 0.2) is 0 Å². The molecule has 0 aliphatic carbocycles. The monoisotopic (exact) mass is 314 g/mol. The average Bonchev–Trinajstić information content (AvgIpc) is 2.91. The van der Waals surface area contributed by atoms with Gasteiger partial charge in [0, 0.05) is 25.7 Å². The number of hydrogen-bond acceptors (Lipinski definition) is 6. The largest absolute Gasteiger partial charge is 0.467 e. The average molecular weight is 314 g/mol. The molecule has 0 bridgehead atoms. The Kier molecular flexibility index (Phi) is 5.28. The Balaban J connectivity index is 2.07. The summed E-state index contributed by atoms with van der Waals surface area (Å²) >= 11 is 0. The van der Waals surface area contributed by atoms with Gasteiger partial charge in [-0.05, 0) is 27.2 Å². The van der Waals surface area contributed by atoms with Crippen LogP contribution >= 0.6 is 0 Å². The van der Waals surface area contributed by atoms with Crippen molar-refractivity contribution < 1.29 is 23.8 Å². The second kappa shape index (κ2) is 6.83. The minimum Gasteiger partial charge on any atom is -0.467 e. The molecule has 22 heavy (non-hydrogen) atoms. The third-order valence-electron chi connectivity index (χ3n) is 3.94. The molecule has 2 fully saturated rings. The number of carbonyl (C=O) groups is 2. The van der Waals surface area contributed by atoms with Gasteiger partial charge in [-0.3, -0.25) is 9.80 Å². The van der Waals surface area contributed by atoms with Gasteiger partial charge in [-0.25, -0.2) is 9.59 Å². The number of likely N-dealkylation sites (tertiary alicyclic amines) is 1. The molecule has 2 saturated heterocycles. The number of hydrogen-bond donors (Lipinski definition) is 0. The fourth-order valence-corrected chi connectivity index (χ4v) is 2.90. The molecule has 0 unspecified atom stereocenters. The molecule has 0 N–H and O–H groups in total. The van der Waals surface area contributed by atoms with Gasteiger partial charge in [0.05, 0.1) is 20.3 Å². The molecule has 7 heteroatoms. The highest BCUT2D eigenvalue weighted by Gasteiger charge is 2.44. The van der Waals surface area contributed by atoms with Crippen molar-refractivity contribution in [2.45, 2.75) is 44.9 Å². The number of morpholine rings is 1. The Morgan fingerprint density at radius 3 is 2.36 bits per heavy atom. The molecule has 2 aliphatic rings. The Bertz CT molecular complexity index is 415. The van der Waals surface area contributed by atoms with Crippen LogP contribution in [0.5, 0.6) is 0 Å². The van der Waals surface area contributed by atoms with E-state index in [4.69, 9.17) is 14.2 Å². The molecule has 126 valence electrons. The van der Waals surface area contributed by atoms with Crippen molar-refractivity contribution >= 4 is 12.1 Å². The Morgan fingerprint density at radius 2 is 1.82 bits per heavy atom. The lowest BCUT2D eigenvalue weighted by atomic mass is 10.1. The molecule has 7 nitrogen and oxygen atoms in total. The molecule has 2 rings (SSSR count). The number of esters is 1. The number of rotatable bonds is 2. The van der Waals surface area contributed by atoms with Crippen LogP contribution in [0.2, 0.25) is 0 Å².